The minimum Gasteiger partial charge on any atom is -0.252 e. The van der Waals surface area contributed by atoms with E-state index in [0.717, 1.165) is 13.0 Å². The lowest BCUT2D eigenvalue weighted by Crippen LogP contribution is -2.01. The Morgan fingerprint density at radius 3 is 3.17 bits per heavy atom. The summed E-state index contributed by atoms with van der Waals surface area (Å²) in [7, 11) is 0. The zero-order chi connectivity index (χ0) is 8.23. The lowest BCUT2D eigenvalue weighted by atomic mass is 10.2. The van der Waals surface area contributed by atoms with E-state index in [4.69, 9.17) is 0 Å². The molecule has 0 aromatic carbocycles. The summed E-state index contributed by atoms with van der Waals surface area (Å²) >= 11 is 1.73. The molecule has 0 saturated carbocycles. The van der Waals surface area contributed by atoms with Gasteiger partial charge in [-0.2, -0.15) is 11.3 Å². The van der Waals surface area contributed by atoms with Gasteiger partial charge in [0.15, 0.2) is 0 Å². The number of rotatable bonds is 3. The molecule has 62 valence electrons. The van der Waals surface area contributed by atoms with Crippen LogP contribution in [-0.2, 0) is 13.0 Å². The van der Waals surface area contributed by atoms with Gasteiger partial charge in [-0.05, 0) is 28.8 Å². The smallest absolute Gasteiger partial charge is 0.0692 e. The van der Waals surface area contributed by atoms with E-state index in [1.807, 2.05) is 10.9 Å². The maximum absolute atomic E-state index is 3.89. The van der Waals surface area contributed by atoms with Crippen LogP contribution in [0.15, 0.2) is 29.2 Å². The van der Waals surface area contributed by atoms with Crippen molar-refractivity contribution in [1.29, 1.82) is 0 Å². The first kappa shape index (κ1) is 7.49. The average Bonchev–Trinajstić information content (AvgIpc) is 2.74. The number of aromatic nitrogens is 3. The van der Waals surface area contributed by atoms with Gasteiger partial charge < -0.3 is 0 Å². The summed E-state index contributed by atoms with van der Waals surface area (Å²) in [6.45, 7) is 0.913. The molecule has 0 spiro atoms. The third kappa shape index (κ3) is 1.71. The highest BCUT2D eigenvalue weighted by Gasteiger charge is 1.94. The molecule has 0 saturated heterocycles. The molecule has 0 unspecified atom stereocenters. The quantitative estimate of drug-likeness (QED) is 0.716. The van der Waals surface area contributed by atoms with Crippen LogP contribution in [0.1, 0.15) is 5.56 Å². The molecule has 2 aromatic rings. The standard InChI is InChI=1S/C8H9N3S/c1(8-2-6-12-7-8)4-11-5-3-9-10-11/h2-3,5-7H,1,4H2. The summed E-state index contributed by atoms with van der Waals surface area (Å²) in [5, 5.41) is 11.9. The fourth-order valence-corrected chi connectivity index (χ4v) is 1.73. The van der Waals surface area contributed by atoms with E-state index in [1.165, 1.54) is 5.56 Å². The Hall–Kier alpha value is -1.16. The van der Waals surface area contributed by atoms with Crippen molar-refractivity contribution in [2.45, 2.75) is 13.0 Å². The highest BCUT2D eigenvalue weighted by atomic mass is 32.1. The van der Waals surface area contributed by atoms with E-state index in [1.54, 1.807) is 17.5 Å². The van der Waals surface area contributed by atoms with Crippen molar-refractivity contribution in [1.82, 2.24) is 15.0 Å². The van der Waals surface area contributed by atoms with E-state index < -0.39 is 0 Å². The third-order valence-electron chi connectivity index (χ3n) is 1.68. The highest BCUT2D eigenvalue weighted by Crippen LogP contribution is 2.06. The second kappa shape index (κ2) is 3.49. The average molecular weight is 179 g/mol. The molecule has 3 nitrogen and oxygen atoms in total. The van der Waals surface area contributed by atoms with Crippen molar-refractivity contribution in [2.75, 3.05) is 0 Å². The number of hydrogen-bond donors (Lipinski definition) is 0. The Labute approximate surface area is 74.7 Å². The zero-order valence-electron chi connectivity index (χ0n) is 6.55. The van der Waals surface area contributed by atoms with Crippen LogP contribution in [0.4, 0.5) is 0 Å². The van der Waals surface area contributed by atoms with Crippen molar-refractivity contribution >= 4 is 11.3 Å². The third-order valence-corrected chi connectivity index (χ3v) is 2.41. The molecule has 4 heteroatoms. The summed E-state index contributed by atoms with van der Waals surface area (Å²) in [4.78, 5) is 0. The van der Waals surface area contributed by atoms with Crippen molar-refractivity contribution in [3.8, 4) is 0 Å². The first-order valence-electron chi connectivity index (χ1n) is 3.80. The Balaban J connectivity index is 1.91. The second-order valence-corrected chi connectivity index (χ2v) is 3.33. The van der Waals surface area contributed by atoms with Crippen LogP contribution in [0.2, 0.25) is 0 Å². The fourth-order valence-electron chi connectivity index (χ4n) is 1.03. The van der Waals surface area contributed by atoms with Crippen LogP contribution in [-0.4, -0.2) is 15.0 Å². The van der Waals surface area contributed by atoms with Crippen LogP contribution in [0.25, 0.3) is 0 Å². The van der Waals surface area contributed by atoms with Gasteiger partial charge in [0.2, 0.25) is 0 Å². The first-order valence-corrected chi connectivity index (χ1v) is 4.74. The van der Waals surface area contributed by atoms with E-state index >= 15 is 0 Å². The Morgan fingerprint density at radius 2 is 2.50 bits per heavy atom. The maximum atomic E-state index is 3.89. The van der Waals surface area contributed by atoms with E-state index in [9.17, 15) is 0 Å². The van der Waals surface area contributed by atoms with E-state index in [2.05, 4.69) is 27.1 Å². The summed E-state index contributed by atoms with van der Waals surface area (Å²) in [6, 6.07) is 2.14. The van der Waals surface area contributed by atoms with Gasteiger partial charge in [-0.3, -0.25) is 4.68 Å². The lowest BCUT2D eigenvalue weighted by molar-refractivity contribution is 0.590. The lowest BCUT2D eigenvalue weighted by Gasteiger charge is -1.96. The first-order chi connectivity index (χ1) is 5.95. The molecule has 0 N–H and O–H groups in total. The van der Waals surface area contributed by atoms with Gasteiger partial charge >= 0.3 is 0 Å². The van der Waals surface area contributed by atoms with Crippen LogP contribution in [0.3, 0.4) is 0 Å². The van der Waals surface area contributed by atoms with Gasteiger partial charge in [0, 0.05) is 12.7 Å². The molecular formula is C8H9N3S. The SMILES string of the molecule is c1cn(CCc2ccsc2)nn1. The van der Waals surface area contributed by atoms with Crippen molar-refractivity contribution < 1.29 is 0 Å². The molecule has 2 heterocycles. The molecule has 0 aliphatic rings. The second-order valence-electron chi connectivity index (χ2n) is 2.55. The fraction of sp³-hybridized carbons (Fsp3) is 0.250. The minimum absolute atomic E-state index is 0.913. The van der Waals surface area contributed by atoms with Gasteiger partial charge in [-0.15, -0.1) is 5.10 Å². The Bertz CT molecular complexity index is 278. The molecule has 2 rings (SSSR count). The molecule has 0 atom stereocenters. The summed E-state index contributed by atoms with van der Waals surface area (Å²) in [6.07, 6.45) is 4.62. The maximum Gasteiger partial charge on any atom is 0.0692 e. The van der Waals surface area contributed by atoms with Gasteiger partial charge in [0.1, 0.15) is 0 Å². The molecule has 12 heavy (non-hydrogen) atoms. The van der Waals surface area contributed by atoms with Crippen molar-refractivity contribution in [2.24, 2.45) is 0 Å². The summed E-state index contributed by atoms with van der Waals surface area (Å²) in [5.41, 5.74) is 1.37. The molecule has 0 aliphatic heterocycles. The summed E-state index contributed by atoms with van der Waals surface area (Å²) < 4.78 is 1.84. The van der Waals surface area contributed by atoms with Gasteiger partial charge in [0.25, 0.3) is 0 Å². The number of thiophene rings is 1. The molecule has 0 aliphatic carbocycles. The highest BCUT2D eigenvalue weighted by molar-refractivity contribution is 7.07. The van der Waals surface area contributed by atoms with Crippen LogP contribution >= 0.6 is 11.3 Å². The number of hydrogen-bond acceptors (Lipinski definition) is 3. The normalized spacial score (nSPS) is 10.3. The van der Waals surface area contributed by atoms with Gasteiger partial charge in [0.05, 0.1) is 6.20 Å². The monoisotopic (exact) mass is 179 g/mol. The predicted octanol–water partition coefficient (Wildman–Crippen LogP) is 1.58. The predicted molar refractivity (Wildman–Crippen MR) is 48.0 cm³/mol. The molecule has 0 fully saturated rings. The number of aryl methyl sites for hydroxylation is 2. The van der Waals surface area contributed by atoms with Crippen LogP contribution < -0.4 is 0 Å². The van der Waals surface area contributed by atoms with E-state index in [-0.39, 0.29) is 0 Å². The van der Waals surface area contributed by atoms with Gasteiger partial charge in [-0.1, -0.05) is 5.21 Å². The molecule has 2 aromatic heterocycles. The van der Waals surface area contributed by atoms with Crippen molar-refractivity contribution in [3.05, 3.63) is 34.8 Å². The molecular weight excluding hydrogens is 170 g/mol. The zero-order valence-corrected chi connectivity index (χ0v) is 7.37. The topological polar surface area (TPSA) is 30.7 Å². The Morgan fingerprint density at radius 1 is 1.50 bits per heavy atom. The van der Waals surface area contributed by atoms with Crippen LogP contribution in [0, 0.1) is 0 Å². The number of nitrogens with zero attached hydrogens (tertiary/aromatic N) is 3. The summed E-state index contributed by atoms with van der Waals surface area (Å²) in [5.74, 6) is 0. The molecule has 0 amide bonds. The molecule has 0 bridgehead atoms. The molecule has 0 radical (unpaired) electrons. The largest absolute Gasteiger partial charge is 0.252 e. The van der Waals surface area contributed by atoms with Crippen LogP contribution in [0.5, 0.6) is 0 Å². The minimum atomic E-state index is 0.913. The van der Waals surface area contributed by atoms with E-state index in [0.29, 0.717) is 0 Å². The Kier molecular flexibility index (Phi) is 2.18. The van der Waals surface area contributed by atoms with Gasteiger partial charge in [-0.25, -0.2) is 0 Å². The van der Waals surface area contributed by atoms with Crippen molar-refractivity contribution in [3.63, 3.8) is 0 Å².